The number of para-hydroxylation sites is 2. The molecule has 2 N–H and O–H groups in total. The van der Waals surface area contributed by atoms with Crippen LogP contribution in [0.2, 0.25) is 0 Å². The lowest BCUT2D eigenvalue weighted by atomic mass is 10.1. The van der Waals surface area contributed by atoms with Crippen LogP contribution < -0.4 is 24.8 Å². The first-order valence-corrected chi connectivity index (χ1v) is 13.2. The molecule has 0 atom stereocenters. The molecule has 3 aromatic carbocycles. The summed E-state index contributed by atoms with van der Waals surface area (Å²) >= 11 is 5.75. The van der Waals surface area contributed by atoms with Crippen molar-refractivity contribution in [3.8, 4) is 17.2 Å². The lowest BCUT2D eigenvalue weighted by Gasteiger charge is -2.14. The average molecular weight is 692 g/mol. The SMILES string of the molecule is COc1ccccc1NC(=O)CN1C(=O)N/C(=C/c2cc(Br)c(OCc3ccc(I)cc3)c(OC)c2)C1=O. The molecular formula is C27H23BrIN3O6. The van der Waals surface area contributed by atoms with Gasteiger partial charge in [-0.05, 0) is 92.1 Å². The maximum atomic E-state index is 12.9. The minimum Gasteiger partial charge on any atom is -0.495 e. The minimum absolute atomic E-state index is 0.0293. The standard InChI is InChI=1S/C27H23BrIN3O6/c1-36-22-6-4-3-5-20(22)30-24(33)14-32-26(34)21(31-27(32)35)12-17-11-19(28)25(23(13-17)37-2)38-15-16-7-9-18(29)10-8-16/h3-13H,14-15H2,1-2H3,(H,30,33)(H,31,35)/b21-12+. The van der Waals surface area contributed by atoms with Crippen LogP contribution in [-0.4, -0.2) is 43.5 Å². The van der Waals surface area contributed by atoms with E-state index in [1.165, 1.54) is 20.3 Å². The van der Waals surface area contributed by atoms with Crippen LogP contribution >= 0.6 is 38.5 Å². The van der Waals surface area contributed by atoms with Gasteiger partial charge in [0.15, 0.2) is 11.5 Å². The molecule has 38 heavy (non-hydrogen) atoms. The quantitative estimate of drug-likeness (QED) is 0.182. The maximum Gasteiger partial charge on any atom is 0.329 e. The van der Waals surface area contributed by atoms with E-state index in [-0.39, 0.29) is 5.70 Å². The summed E-state index contributed by atoms with van der Waals surface area (Å²) in [7, 11) is 3.00. The Morgan fingerprint density at radius 3 is 2.47 bits per heavy atom. The number of imide groups is 1. The van der Waals surface area contributed by atoms with Crippen LogP contribution in [0.1, 0.15) is 11.1 Å². The van der Waals surface area contributed by atoms with Gasteiger partial charge in [-0.1, -0.05) is 24.3 Å². The zero-order valence-electron chi connectivity index (χ0n) is 20.4. The van der Waals surface area contributed by atoms with Crippen molar-refractivity contribution in [2.75, 3.05) is 26.1 Å². The molecule has 4 amide bonds. The zero-order valence-corrected chi connectivity index (χ0v) is 24.2. The van der Waals surface area contributed by atoms with E-state index >= 15 is 0 Å². The zero-order chi connectivity index (χ0) is 27.2. The van der Waals surface area contributed by atoms with Gasteiger partial charge in [-0.15, -0.1) is 0 Å². The average Bonchev–Trinajstić information content (AvgIpc) is 3.16. The number of hydrogen-bond donors (Lipinski definition) is 2. The van der Waals surface area contributed by atoms with Gasteiger partial charge >= 0.3 is 6.03 Å². The molecule has 0 aliphatic carbocycles. The van der Waals surface area contributed by atoms with Crippen LogP contribution in [0.15, 0.2) is 70.8 Å². The highest BCUT2D eigenvalue weighted by atomic mass is 127. The predicted molar refractivity (Wildman–Crippen MR) is 154 cm³/mol. The van der Waals surface area contributed by atoms with E-state index in [1.54, 1.807) is 36.4 Å². The fourth-order valence-corrected chi connectivity index (χ4v) is 4.60. The molecule has 0 spiro atoms. The van der Waals surface area contributed by atoms with Crippen molar-refractivity contribution in [2.24, 2.45) is 0 Å². The van der Waals surface area contributed by atoms with Gasteiger partial charge < -0.3 is 24.8 Å². The highest BCUT2D eigenvalue weighted by Gasteiger charge is 2.35. The first kappa shape index (κ1) is 27.5. The maximum absolute atomic E-state index is 12.9. The second kappa shape index (κ2) is 12.3. The van der Waals surface area contributed by atoms with Crippen LogP contribution in [0.4, 0.5) is 10.5 Å². The van der Waals surface area contributed by atoms with E-state index in [4.69, 9.17) is 14.2 Å². The summed E-state index contributed by atoms with van der Waals surface area (Å²) in [6.07, 6.45) is 1.51. The van der Waals surface area contributed by atoms with Gasteiger partial charge in [-0.3, -0.25) is 9.59 Å². The van der Waals surface area contributed by atoms with E-state index in [0.717, 1.165) is 14.0 Å². The first-order chi connectivity index (χ1) is 18.3. The Labute approximate surface area is 241 Å². The first-order valence-electron chi connectivity index (χ1n) is 11.3. The van der Waals surface area contributed by atoms with E-state index in [1.807, 2.05) is 24.3 Å². The van der Waals surface area contributed by atoms with E-state index in [2.05, 4.69) is 49.2 Å². The van der Waals surface area contributed by atoms with E-state index in [9.17, 15) is 14.4 Å². The molecule has 1 fully saturated rings. The fraction of sp³-hybridized carbons (Fsp3) is 0.148. The molecular weight excluding hydrogens is 669 g/mol. The van der Waals surface area contributed by atoms with Crippen LogP contribution in [0, 0.1) is 3.57 Å². The molecule has 4 rings (SSSR count). The number of carbonyl (C=O) groups excluding carboxylic acids is 3. The van der Waals surface area contributed by atoms with Crippen LogP contribution in [0.3, 0.4) is 0 Å². The molecule has 1 aliphatic rings. The highest BCUT2D eigenvalue weighted by molar-refractivity contribution is 14.1. The van der Waals surface area contributed by atoms with Crippen molar-refractivity contribution in [1.29, 1.82) is 0 Å². The van der Waals surface area contributed by atoms with Gasteiger partial charge in [0, 0.05) is 3.57 Å². The van der Waals surface area contributed by atoms with Crippen LogP contribution in [0.25, 0.3) is 6.08 Å². The number of carbonyl (C=O) groups is 3. The lowest BCUT2D eigenvalue weighted by molar-refractivity contribution is -0.127. The third-order valence-corrected chi connectivity index (χ3v) is 6.81. The van der Waals surface area contributed by atoms with Crippen molar-refractivity contribution in [3.63, 3.8) is 0 Å². The number of methoxy groups -OCH3 is 2. The number of nitrogens with one attached hydrogen (secondary N) is 2. The monoisotopic (exact) mass is 691 g/mol. The molecule has 0 radical (unpaired) electrons. The second-order valence-corrected chi connectivity index (χ2v) is 10.2. The number of nitrogens with zero attached hydrogens (tertiary/aromatic N) is 1. The molecule has 0 bridgehead atoms. The van der Waals surface area contributed by atoms with Crippen LogP contribution in [0.5, 0.6) is 17.2 Å². The summed E-state index contributed by atoms with van der Waals surface area (Å²) < 4.78 is 18.4. The summed E-state index contributed by atoms with van der Waals surface area (Å²) in [4.78, 5) is 38.8. The van der Waals surface area contributed by atoms with Gasteiger partial charge in [0.2, 0.25) is 5.91 Å². The van der Waals surface area contributed by atoms with Crippen molar-refractivity contribution in [2.45, 2.75) is 6.61 Å². The van der Waals surface area contributed by atoms with E-state index < -0.39 is 24.4 Å². The molecule has 196 valence electrons. The summed E-state index contributed by atoms with van der Waals surface area (Å²) in [5.41, 5.74) is 2.05. The topological polar surface area (TPSA) is 106 Å². The molecule has 0 unspecified atom stereocenters. The fourth-order valence-electron chi connectivity index (χ4n) is 3.66. The van der Waals surface area contributed by atoms with Crippen LogP contribution in [-0.2, 0) is 16.2 Å². The molecule has 3 aromatic rings. The normalized spacial score (nSPS) is 13.9. The number of hydrogen-bond acceptors (Lipinski definition) is 6. The van der Waals surface area contributed by atoms with Crippen molar-refractivity contribution in [1.82, 2.24) is 10.2 Å². The molecule has 0 saturated carbocycles. The Balaban J connectivity index is 1.47. The van der Waals surface area contributed by atoms with Crippen molar-refractivity contribution < 1.29 is 28.6 Å². The smallest absolute Gasteiger partial charge is 0.329 e. The largest absolute Gasteiger partial charge is 0.495 e. The number of ether oxygens (including phenoxy) is 3. The van der Waals surface area contributed by atoms with Crippen molar-refractivity contribution in [3.05, 3.63) is 85.5 Å². The van der Waals surface area contributed by atoms with Gasteiger partial charge in [0.1, 0.15) is 24.6 Å². The summed E-state index contributed by atoms with van der Waals surface area (Å²) in [5, 5.41) is 5.18. The third kappa shape index (κ3) is 6.45. The lowest BCUT2D eigenvalue weighted by Crippen LogP contribution is -2.38. The molecule has 1 saturated heterocycles. The number of benzene rings is 3. The predicted octanol–water partition coefficient (Wildman–Crippen LogP) is 5.18. The Hall–Kier alpha value is -3.58. The number of rotatable bonds is 9. The highest BCUT2D eigenvalue weighted by Crippen LogP contribution is 2.38. The number of amides is 4. The summed E-state index contributed by atoms with van der Waals surface area (Å²) in [5.74, 6) is 0.243. The Bertz CT molecular complexity index is 1410. The minimum atomic E-state index is -0.695. The molecule has 1 aliphatic heterocycles. The van der Waals surface area contributed by atoms with Gasteiger partial charge in [-0.2, -0.15) is 0 Å². The molecule has 9 nitrogen and oxygen atoms in total. The third-order valence-electron chi connectivity index (χ3n) is 5.50. The number of halogens is 2. The van der Waals surface area contributed by atoms with Gasteiger partial charge in [0.25, 0.3) is 5.91 Å². The molecule has 1 heterocycles. The summed E-state index contributed by atoms with van der Waals surface area (Å²) in [6, 6.07) is 17.6. The van der Waals surface area contributed by atoms with E-state index in [0.29, 0.717) is 39.6 Å². The number of anilines is 1. The summed E-state index contributed by atoms with van der Waals surface area (Å²) in [6.45, 7) is -0.120. The van der Waals surface area contributed by atoms with Gasteiger partial charge in [-0.25, -0.2) is 9.69 Å². The Kier molecular flexibility index (Phi) is 8.89. The molecule has 11 heteroatoms. The Morgan fingerprint density at radius 2 is 1.76 bits per heavy atom. The Morgan fingerprint density at radius 1 is 1.05 bits per heavy atom. The van der Waals surface area contributed by atoms with Crippen molar-refractivity contribution >= 4 is 68.1 Å². The molecule has 0 aromatic heterocycles. The second-order valence-electron chi connectivity index (χ2n) is 8.08. The van der Waals surface area contributed by atoms with Gasteiger partial charge in [0.05, 0.1) is 24.4 Å². The number of urea groups is 1.